The third kappa shape index (κ3) is 2.18. The normalized spacial score (nSPS) is 49.4. The molecule has 5 aliphatic rings. The molecule has 1 aromatic carbocycles. The molecule has 2 saturated heterocycles. The molecule has 3 nitrogen and oxygen atoms in total. The van der Waals surface area contributed by atoms with Gasteiger partial charge in [-0.15, -0.1) is 0 Å². The smallest absolute Gasteiger partial charge is 0.115 e. The molecule has 28 heavy (non-hydrogen) atoms. The predicted molar refractivity (Wildman–Crippen MR) is 111 cm³/mol. The van der Waals surface area contributed by atoms with Crippen LogP contribution in [0.5, 0.6) is 5.75 Å². The molecule has 2 N–H and O–H groups in total. The molecule has 2 saturated carbocycles. The largest absolute Gasteiger partial charge is 0.508 e. The Kier molecular flexibility index (Phi) is 3.65. The highest BCUT2D eigenvalue weighted by Gasteiger charge is 2.70. The fraction of sp³-hybridized carbons (Fsp3) is 0.760. The summed E-state index contributed by atoms with van der Waals surface area (Å²) < 4.78 is 7.00. The first-order valence-corrected chi connectivity index (χ1v) is 11.7. The highest BCUT2D eigenvalue weighted by Crippen LogP contribution is 2.70. The van der Waals surface area contributed by atoms with Crippen LogP contribution in [0.4, 0.5) is 0 Å². The van der Waals surface area contributed by atoms with Crippen LogP contribution >= 0.6 is 0 Å². The zero-order valence-electron chi connectivity index (χ0n) is 17.5. The van der Waals surface area contributed by atoms with Crippen LogP contribution in [-0.2, 0) is 11.2 Å². The summed E-state index contributed by atoms with van der Waals surface area (Å²) in [6.45, 7) is 6.11. The molecule has 4 fully saturated rings. The summed E-state index contributed by atoms with van der Waals surface area (Å²) in [7, 11) is 0. The molecule has 0 unspecified atom stereocenters. The number of rotatable bonds is 1. The molecule has 0 aromatic heterocycles. The Bertz CT molecular complexity index is 792. The Morgan fingerprint density at radius 3 is 2.75 bits per heavy atom. The van der Waals surface area contributed by atoms with Crippen molar-refractivity contribution < 1.29 is 9.84 Å². The van der Waals surface area contributed by atoms with E-state index in [1.54, 1.807) is 0 Å². The Labute approximate surface area is 169 Å². The fourth-order valence-electron chi connectivity index (χ4n) is 8.52. The van der Waals surface area contributed by atoms with Crippen LogP contribution in [0, 0.1) is 17.3 Å². The summed E-state index contributed by atoms with van der Waals surface area (Å²) in [5.74, 6) is 2.73. The maximum atomic E-state index is 9.90. The van der Waals surface area contributed by atoms with Gasteiger partial charge in [0.05, 0.1) is 11.2 Å². The van der Waals surface area contributed by atoms with Crippen molar-refractivity contribution in [1.82, 2.24) is 5.32 Å². The lowest BCUT2D eigenvalue weighted by molar-refractivity contribution is -0.319. The van der Waals surface area contributed by atoms with Crippen molar-refractivity contribution in [3.8, 4) is 5.75 Å². The summed E-state index contributed by atoms with van der Waals surface area (Å²) in [5.41, 5.74) is 3.48. The third-order valence-electron chi connectivity index (χ3n) is 9.86. The molecule has 0 bridgehead atoms. The van der Waals surface area contributed by atoms with E-state index in [1.165, 1.54) is 62.5 Å². The monoisotopic (exact) mass is 381 g/mol. The molecule has 6 rings (SSSR count). The summed E-state index contributed by atoms with van der Waals surface area (Å²) in [6, 6.07) is 6.70. The lowest BCUT2D eigenvalue weighted by atomic mass is 9.51. The minimum absolute atomic E-state index is 0.0575. The standard InChI is InChI=1S/C25H35NO2/c1-23-11-9-19-18-8-6-17(27)14-16(18)5-7-20(19)21(23)10-12-25(23)15-24(2,28-25)22-4-3-13-26-22/h6,8,14,19-22,26-27H,3-5,7,9-13,15H2,1-2H3/t19-,20-,21+,22-,23+,24+,25-/m1/s1. The Balaban J connectivity index is 1.27. The summed E-state index contributed by atoms with van der Waals surface area (Å²) >= 11 is 0. The van der Waals surface area contributed by atoms with Gasteiger partial charge in [0, 0.05) is 12.5 Å². The van der Waals surface area contributed by atoms with Crippen molar-refractivity contribution in [1.29, 1.82) is 0 Å². The zero-order valence-corrected chi connectivity index (χ0v) is 17.5. The van der Waals surface area contributed by atoms with E-state index in [9.17, 15) is 5.11 Å². The van der Waals surface area contributed by atoms with Gasteiger partial charge in [-0.25, -0.2) is 0 Å². The predicted octanol–water partition coefficient (Wildman–Crippen LogP) is 4.92. The molecule has 0 radical (unpaired) electrons. The number of phenols is 1. The van der Waals surface area contributed by atoms with Crippen LogP contribution in [0.3, 0.4) is 0 Å². The fourth-order valence-corrected chi connectivity index (χ4v) is 8.52. The number of hydrogen-bond donors (Lipinski definition) is 2. The van der Waals surface area contributed by atoms with Gasteiger partial charge in [-0.2, -0.15) is 0 Å². The van der Waals surface area contributed by atoms with E-state index in [-0.39, 0.29) is 11.2 Å². The second-order valence-electron chi connectivity index (χ2n) is 11.0. The van der Waals surface area contributed by atoms with Crippen LogP contribution in [0.2, 0.25) is 0 Å². The molecule has 3 heteroatoms. The highest BCUT2D eigenvalue weighted by atomic mass is 16.6. The van der Waals surface area contributed by atoms with Crippen LogP contribution < -0.4 is 5.32 Å². The van der Waals surface area contributed by atoms with E-state index in [1.807, 2.05) is 12.1 Å². The van der Waals surface area contributed by atoms with Gasteiger partial charge in [0.15, 0.2) is 0 Å². The molecule has 152 valence electrons. The lowest BCUT2D eigenvalue weighted by Crippen LogP contribution is -2.70. The first-order valence-electron chi connectivity index (χ1n) is 11.7. The zero-order chi connectivity index (χ0) is 19.1. The molecule has 2 aliphatic heterocycles. The average Bonchev–Trinajstić information content (AvgIpc) is 3.28. The van der Waals surface area contributed by atoms with E-state index in [0.29, 0.717) is 23.1 Å². The Morgan fingerprint density at radius 2 is 1.96 bits per heavy atom. The van der Waals surface area contributed by atoms with Gasteiger partial charge in [-0.1, -0.05) is 13.0 Å². The summed E-state index contributed by atoms with van der Waals surface area (Å²) in [5, 5.41) is 13.6. The second kappa shape index (κ2) is 5.76. The van der Waals surface area contributed by atoms with Crippen molar-refractivity contribution in [3.63, 3.8) is 0 Å². The molecular weight excluding hydrogens is 346 g/mol. The summed E-state index contributed by atoms with van der Waals surface area (Å²) in [4.78, 5) is 0. The lowest BCUT2D eigenvalue weighted by Gasteiger charge is -2.65. The molecule has 3 aliphatic carbocycles. The van der Waals surface area contributed by atoms with Crippen LogP contribution in [0.15, 0.2) is 18.2 Å². The van der Waals surface area contributed by atoms with Gasteiger partial charge >= 0.3 is 0 Å². The Hall–Kier alpha value is -1.06. The van der Waals surface area contributed by atoms with E-state index in [0.717, 1.165) is 24.8 Å². The molecule has 7 atom stereocenters. The van der Waals surface area contributed by atoms with Crippen molar-refractivity contribution in [3.05, 3.63) is 29.3 Å². The quantitative estimate of drug-likeness (QED) is 0.726. The molecular formula is C25H35NO2. The van der Waals surface area contributed by atoms with Crippen molar-refractivity contribution in [2.24, 2.45) is 17.3 Å². The number of aromatic hydroxyl groups is 1. The van der Waals surface area contributed by atoms with Crippen molar-refractivity contribution >= 4 is 0 Å². The van der Waals surface area contributed by atoms with Crippen molar-refractivity contribution in [2.75, 3.05) is 6.54 Å². The maximum Gasteiger partial charge on any atom is 0.115 e. The van der Waals surface area contributed by atoms with Crippen LogP contribution in [-0.4, -0.2) is 28.9 Å². The first-order chi connectivity index (χ1) is 13.4. The number of aryl methyl sites for hydroxylation is 1. The topological polar surface area (TPSA) is 41.5 Å². The number of phenolic OH excluding ortho intramolecular Hbond substituents is 1. The number of hydrogen-bond acceptors (Lipinski definition) is 3. The molecule has 0 amide bonds. The molecule has 2 heterocycles. The van der Waals surface area contributed by atoms with Gasteiger partial charge in [-0.05, 0) is 111 Å². The van der Waals surface area contributed by atoms with Gasteiger partial charge in [0.1, 0.15) is 5.75 Å². The van der Waals surface area contributed by atoms with E-state index < -0.39 is 0 Å². The molecule has 1 spiro atoms. The van der Waals surface area contributed by atoms with Gasteiger partial charge in [0.25, 0.3) is 0 Å². The van der Waals surface area contributed by atoms with Crippen LogP contribution in [0.25, 0.3) is 0 Å². The molecule has 1 aromatic rings. The Morgan fingerprint density at radius 1 is 1.11 bits per heavy atom. The number of nitrogens with one attached hydrogen (secondary N) is 1. The van der Waals surface area contributed by atoms with E-state index in [2.05, 4.69) is 25.2 Å². The average molecular weight is 382 g/mol. The highest BCUT2D eigenvalue weighted by molar-refractivity contribution is 5.40. The SMILES string of the molecule is C[C@]12CC[C@@H]3c4ccc(O)cc4CC[C@H]3[C@@H]1CC[C@@]21C[C@@](C)([C@H]2CCCN2)O1. The third-order valence-corrected chi connectivity index (χ3v) is 9.86. The van der Waals surface area contributed by atoms with Gasteiger partial charge in [-0.3, -0.25) is 0 Å². The van der Waals surface area contributed by atoms with Gasteiger partial charge in [0.2, 0.25) is 0 Å². The maximum absolute atomic E-state index is 9.90. The van der Waals surface area contributed by atoms with Crippen molar-refractivity contribution in [2.45, 2.75) is 94.8 Å². The summed E-state index contributed by atoms with van der Waals surface area (Å²) in [6.07, 6.45) is 11.5. The number of ether oxygens (including phenoxy) is 1. The van der Waals surface area contributed by atoms with Gasteiger partial charge < -0.3 is 15.2 Å². The minimum atomic E-state index is 0.0575. The van der Waals surface area contributed by atoms with Crippen LogP contribution in [0.1, 0.15) is 82.3 Å². The second-order valence-corrected chi connectivity index (χ2v) is 11.0. The number of benzene rings is 1. The number of fused-ring (bicyclic) bond motifs is 6. The van der Waals surface area contributed by atoms with E-state index in [4.69, 9.17) is 4.74 Å². The minimum Gasteiger partial charge on any atom is -0.508 e. The first kappa shape index (κ1) is 17.8. The van der Waals surface area contributed by atoms with E-state index >= 15 is 0 Å².